The fourth-order valence-corrected chi connectivity index (χ4v) is 1.16. The lowest BCUT2D eigenvalue weighted by atomic mass is 10.0. The summed E-state index contributed by atoms with van der Waals surface area (Å²) >= 11 is 0. The maximum absolute atomic E-state index is 10.8. The van der Waals surface area contributed by atoms with Crippen LogP contribution in [0, 0.1) is 0 Å². The third kappa shape index (κ3) is 2.53. The van der Waals surface area contributed by atoms with Crippen LogP contribution in [0.2, 0.25) is 0 Å². The normalized spacial score (nSPS) is 12.3. The summed E-state index contributed by atoms with van der Waals surface area (Å²) in [5.74, 6) is -3.66. The number of aromatic nitrogens is 2. The Kier molecular flexibility index (Phi) is 3.40. The van der Waals surface area contributed by atoms with E-state index < -0.39 is 17.9 Å². The second-order valence-corrected chi connectivity index (χ2v) is 2.90. The molecule has 1 heterocycles. The largest absolute Gasteiger partial charge is 0.481 e. The van der Waals surface area contributed by atoms with Crippen LogP contribution in [0.1, 0.15) is 28.7 Å². The number of hydrogen-bond acceptors (Lipinski definition) is 4. The van der Waals surface area contributed by atoms with E-state index in [9.17, 15) is 9.59 Å². The Bertz CT molecular complexity index is 373. The number of hydrogen-bond donors (Lipinski definition) is 4. The first-order chi connectivity index (χ1) is 7.06. The van der Waals surface area contributed by atoms with Crippen LogP contribution in [0.4, 0.5) is 0 Å². The molecule has 0 saturated heterocycles. The number of nitrogens with zero attached hydrogens (tertiary/aromatic N) is 1. The molecule has 82 valence electrons. The van der Waals surface area contributed by atoms with Gasteiger partial charge in [-0.05, 0) is 6.42 Å². The van der Waals surface area contributed by atoms with Crippen LogP contribution in [-0.2, 0) is 4.79 Å². The second kappa shape index (κ2) is 4.56. The maximum Gasteiger partial charge on any atom is 0.371 e. The minimum absolute atomic E-state index is 0.0105. The number of carboxylic acid groups (broad SMARTS) is 2. The Hall–Kier alpha value is -1.89. The monoisotopic (exact) mass is 214 g/mol. The summed E-state index contributed by atoms with van der Waals surface area (Å²) in [7, 11) is 0. The molecule has 0 aliphatic heterocycles. The number of carboxylic acids is 2. The average Bonchev–Trinajstić information content (AvgIpc) is 2.62. The molecule has 4 N–H and O–H groups in total. The number of aliphatic carboxylic acids is 1. The first-order valence-electron chi connectivity index (χ1n) is 4.18. The average molecular weight is 214 g/mol. The van der Waals surface area contributed by atoms with Crippen LogP contribution >= 0.6 is 0 Å². The van der Waals surface area contributed by atoms with Crippen LogP contribution in [0.25, 0.3) is 0 Å². The highest BCUT2D eigenvalue weighted by molar-refractivity contribution is 5.83. The lowest BCUT2D eigenvalue weighted by Crippen LogP contribution is -2.14. The standard InChI is InChI=1S/C8H10N2O5/c11-2-1-4(7(12)13)5-3-9-6(10-5)8(14)15/h3-4,11H,1-2H2,(H,9,10)(H,12,13)(H,14,15). The van der Waals surface area contributed by atoms with Gasteiger partial charge in [0.15, 0.2) is 0 Å². The van der Waals surface area contributed by atoms with Gasteiger partial charge in [-0.1, -0.05) is 0 Å². The molecule has 7 heteroatoms. The lowest BCUT2D eigenvalue weighted by molar-refractivity contribution is -0.139. The van der Waals surface area contributed by atoms with Gasteiger partial charge in [0.05, 0.1) is 0 Å². The molecule has 15 heavy (non-hydrogen) atoms. The smallest absolute Gasteiger partial charge is 0.371 e. The van der Waals surface area contributed by atoms with E-state index in [1.54, 1.807) is 0 Å². The fourth-order valence-electron chi connectivity index (χ4n) is 1.16. The molecular formula is C8H10N2O5. The summed E-state index contributed by atoms with van der Waals surface area (Å²) in [6.45, 7) is -0.293. The lowest BCUT2D eigenvalue weighted by Gasteiger charge is -2.07. The van der Waals surface area contributed by atoms with E-state index in [1.807, 2.05) is 0 Å². The molecule has 0 amide bonds. The number of rotatable bonds is 5. The molecule has 1 aromatic rings. The molecule has 0 aliphatic rings. The molecule has 0 radical (unpaired) electrons. The second-order valence-electron chi connectivity index (χ2n) is 2.90. The highest BCUT2D eigenvalue weighted by Gasteiger charge is 2.22. The Morgan fingerprint density at radius 1 is 1.47 bits per heavy atom. The number of H-pyrrole nitrogens is 1. The number of nitrogens with one attached hydrogen (secondary N) is 1. The molecule has 1 unspecified atom stereocenters. The van der Waals surface area contributed by atoms with Crippen molar-refractivity contribution in [1.82, 2.24) is 9.97 Å². The van der Waals surface area contributed by atoms with E-state index >= 15 is 0 Å². The van der Waals surface area contributed by atoms with E-state index in [0.29, 0.717) is 0 Å². The van der Waals surface area contributed by atoms with Crippen molar-refractivity contribution in [1.29, 1.82) is 0 Å². The van der Waals surface area contributed by atoms with Gasteiger partial charge < -0.3 is 20.3 Å². The molecular weight excluding hydrogens is 204 g/mol. The number of carbonyl (C=O) groups is 2. The number of aromatic carboxylic acids is 1. The van der Waals surface area contributed by atoms with Crippen molar-refractivity contribution in [3.63, 3.8) is 0 Å². The number of aromatic amines is 1. The molecule has 0 saturated carbocycles. The summed E-state index contributed by atoms with van der Waals surface area (Å²) in [5, 5.41) is 26.0. The van der Waals surface area contributed by atoms with Crippen molar-refractivity contribution < 1.29 is 24.9 Å². The zero-order chi connectivity index (χ0) is 11.4. The van der Waals surface area contributed by atoms with Crippen molar-refractivity contribution in [2.24, 2.45) is 0 Å². The van der Waals surface area contributed by atoms with Gasteiger partial charge >= 0.3 is 11.9 Å². The van der Waals surface area contributed by atoms with Gasteiger partial charge in [0, 0.05) is 18.5 Å². The summed E-state index contributed by atoms with van der Waals surface area (Å²) < 4.78 is 0. The fraction of sp³-hybridized carbons (Fsp3) is 0.375. The maximum atomic E-state index is 10.8. The first-order valence-corrected chi connectivity index (χ1v) is 4.18. The predicted octanol–water partition coefficient (Wildman–Crippen LogP) is -0.341. The highest BCUT2D eigenvalue weighted by atomic mass is 16.4. The Balaban J connectivity index is 2.91. The van der Waals surface area contributed by atoms with Gasteiger partial charge in [0.2, 0.25) is 5.82 Å². The number of imidazole rings is 1. The molecule has 7 nitrogen and oxygen atoms in total. The van der Waals surface area contributed by atoms with E-state index in [1.165, 1.54) is 0 Å². The zero-order valence-electron chi connectivity index (χ0n) is 7.67. The van der Waals surface area contributed by atoms with Crippen LogP contribution in [0.15, 0.2) is 6.20 Å². The van der Waals surface area contributed by atoms with Gasteiger partial charge in [-0.2, -0.15) is 0 Å². The summed E-state index contributed by atoms with van der Waals surface area (Å²) in [6.07, 6.45) is 1.16. The number of aliphatic hydroxyl groups is 1. The molecule has 1 rings (SSSR count). The Labute approximate surface area is 84.4 Å². The third-order valence-electron chi connectivity index (χ3n) is 1.89. The molecule has 1 aromatic heterocycles. The third-order valence-corrected chi connectivity index (χ3v) is 1.89. The van der Waals surface area contributed by atoms with E-state index in [-0.39, 0.29) is 24.5 Å². The van der Waals surface area contributed by atoms with Crippen molar-refractivity contribution in [2.75, 3.05) is 6.61 Å². The molecule has 0 spiro atoms. The Morgan fingerprint density at radius 3 is 2.53 bits per heavy atom. The van der Waals surface area contributed by atoms with Gasteiger partial charge in [-0.15, -0.1) is 0 Å². The minimum Gasteiger partial charge on any atom is -0.481 e. The Morgan fingerprint density at radius 2 is 2.13 bits per heavy atom. The van der Waals surface area contributed by atoms with Gasteiger partial charge in [-0.3, -0.25) is 4.79 Å². The van der Waals surface area contributed by atoms with Gasteiger partial charge in [-0.25, -0.2) is 9.78 Å². The number of aliphatic hydroxyl groups excluding tert-OH is 1. The first kappa shape index (κ1) is 11.2. The molecule has 0 fully saturated rings. The predicted molar refractivity (Wildman–Crippen MR) is 47.6 cm³/mol. The molecule has 0 bridgehead atoms. The SMILES string of the molecule is O=C(O)c1ncc(C(CCO)C(=O)O)[nH]1. The van der Waals surface area contributed by atoms with E-state index in [2.05, 4.69) is 9.97 Å². The summed E-state index contributed by atoms with van der Waals surface area (Å²) in [6, 6.07) is 0. The van der Waals surface area contributed by atoms with Gasteiger partial charge in [0.1, 0.15) is 5.92 Å². The summed E-state index contributed by atoms with van der Waals surface area (Å²) in [4.78, 5) is 27.1. The van der Waals surface area contributed by atoms with Crippen LogP contribution in [0.5, 0.6) is 0 Å². The van der Waals surface area contributed by atoms with Crippen LogP contribution in [-0.4, -0.2) is 43.8 Å². The highest BCUT2D eigenvalue weighted by Crippen LogP contribution is 2.17. The summed E-state index contributed by atoms with van der Waals surface area (Å²) in [5.41, 5.74) is 0.175. The zero-order valence-corrected chi connectivity index (χ0v) is 7.67. The van der Waals surface area contributed by atoms with Crippen molar-refractivity contribution in [3.05, 3.63) is 17.7 Å². The van der Waals surface area contributed by atoms with Crippen LogP contribution < -0.4 is 0 Å². The van der Waals surface area contributed by atoms with Gasteiger partial charge in [0.25, 0.3) is 0 Å². The van der Waals surface area contributed by atoms with E-state index in [0.717, 1.165) is 6.20 Å². The minimum atomic E-state index is -1.26. The van der Waals surface area contributed by atoms with Crippen LogP contribution in [0.3, 0.4) is 0 Å². The van der Waals surface area contributed by atoms with Crippen molar-refractivity contribution in [2.45, 2.75) is 12.3 Å². The van der Waals surface area contributed by atoms with Crippen molar-refractivity contribution in [3.8, 4) is 0 Å². The molecule has 0 aromatic carbocycles. The van der Waals surface area contributed by atoms with E-state index in [4.69, 9.17) is 15.3 Å². The quantitative estimate of drug-likeness (QED) is 0.531. The topological polar surface area (TPSA) is 124 Å². The van der Waals surface area contributed by atoms with Crippen molar-refractivity contribution >= 4 is 11.9 Å². The molecule has 1 atom stereocenters. The molecule has 0 aliphatic carbocycles.